The predicted molar refractivity (Wildman–Crippen MR) is 110 cm³/mol. The first-order chi connectivity index (χ1) is 14.1. The lowest BCUT2D eigenvalue weighted by Crippen LogP contribution is -2.40. The Morgan fingerprint density at radius 3 is 2.79 bits per heavy atom. The Kier molecular flexibility index (Phi) is 4.54. The topological polar surface area (TPSA) is 73.6 Å². The number of carbonyl (C=O) groups excluding carboxylic acids is 1. The van der Waals surface area contributed by atoms with Crippen LogP contribution in [0.25, 0.3) is 10.8 Å². The van der Waals surface area contributed by atoms with Crippen molar-refractivity contribution in [1.82, 2.24) is 4.98 Å². The van der Waals surface area contributed by atoms with Gasteiger partial charge in [-0.3, -0.25) is 4.79 Å². The standard InChI is InChI=1S/C22H22N2O4S/c1-14-16(24-21(26-14)19-6-5-11-29-19)13-20(25)23-15-7-8-17-18(12-15)28-22(27-17)9-3-2-4-10-22/h5-8,11-12H,2-4,9-10,13H2,1H3,(H,23,25). The molecular weight excluding hydrogens is 388 g/mol. The normalized spacial score (nSPS) is 16.9. The van der Waals surface area contributed by atoms with Crippen LogP contribution in [0.4, 0.5) is 5.69 Å². The van der Waals surface area contributed by atoms with Crippen molar-refractivity contribution in [2.45, 2.75) is 51.2 Å². The molecule has 2 aliphatic rings. The number of nitrogens with zero attached hydrogens (tertiary/aromatic N) is 1. The molecular formula is C22H22N2O4S. The molecule has 7 heteroatoms. The maximum atomic E-state index is 12.6. The molecule has 150 valence electrons. The van der Waals surface area contributed by atoms with Crippen LogP contribution in [0, 0.1) is 6.92 Å². The van der Waals surface area contributed by atoms with Gasteiger partial charge in [0.15, 0.2) is 11.5 Å². The summed E-state index contributed by atoms with van der Waals surface area (Å²) in [7, 11) is 0. The van der Waals surface area contributed by atoms with E-state index in [1.807, 2.05) is 42.6 Å². The van der Waals surface area contributed by atoms with Crippen LogP contribution in [0.15, 0.2) is 40.1 Å². The number of oxazole rings is 1. The van der Waals surface area contributed by atoms with Crippen molar-refractivity contribution in [2.75, 3.05) is 5.32 Å². The van der Waals surface area contributed by atoms with E-state index in [9.17, 15) is 4.79 Å². The van der Waals surface area contributed by atoms with Crippen LogP contribution < -0.4 is 14.8 Å². The molecule has 29 heavy (non-hydrogen) atoms. The van der Waals surface area contributed by atoms with E-state index in [0.29, 0.717) is 28.8 Å². The maximum Gasteiger partial charge on any atom is 0.251 e. The molecule has 1 aromatic carbocycles. The van der Waals surface area contributed by atoms with E-state index in [1.165, 1.54) is 6.42 Å². The quantitative estimate of drug-likeness (QED) is 0.630. The van der Waals surface area contributed by atoms with Crippen LogP contribution in [0.1, 0.15) is 43.6 Å². The number of amides is 1. The van der Waals surface area contributed by atoms with Crippen LogP contribution in [0.2, 0.25) is 0 Å². The second kappa shape index (κ2) is 7.22. The van der Waals surface area contributed by atoms with Crippen molar-refractivity contribution < 1.29 is 18.7 Å². The maximum absolute atomic E-state index is 12.6. The van der Waals surface area contributed by atoms with Crippen LogP contribution in [0.3, 0.4) is 0 Å². The monoisotopic (exact) mass is 410 g/mol. The number of thiophene rings is 1. The molecule has 0 atom stereocenters. The Balaban J connectivity index is 1.26. The number of nitrogens with one attached hydrogen (secondary N) is 1. The molecule has 2 aromatic heterocycles. The molecule has 1 aliphatic heterocycles. The van der Waals surface area contributed by atoms with Crippen LogP contribution in [-0.2, 0) is 11.2 Å². The molecule has 5 rings (SSSR count). The second-order valence-electron chi connectivity index (χ2n) is 7.56. The van der Waals surface area contributed by atoms with Gasteiger partial charge < -0.3 is 19.2 Å². The van der Waals surface area contributed by atoms with E-state index in [0.717, 1.165) is 36.3 Å². The molecule has 1 saturated carbocycles. The summed E-state index contributed by atoms with van der Waals surface area (Å²) in [6.45, 7) is 1.83. The number of aryl methyl sites for hydroxylation is 1. The number of fused-ring (bicyclic) bond motifs is 1. The van der Waals surface area contributed by atoms with Gasteiger partial charge in [0.1, 0.15) is 5.76 Å². The Hall–Kier alpha value is -2.80. The highest BCUT2D eigenvalue weighted by atomic mass is 32.1. The number of aromatic nitrogens is 1. The molecule has 6 nitrogen and oxygen atoms in total. The summed E-state index contributed by atoms with van der Waals surface area (Å²) in [6.07, 6.45) is 5.41. The summed E-state index contributed by atoms with van der Waals surface area (Å²) in [4.78, 5) is 18.0. The van der Waals surface area contributed by atoms with E-state index >= 15 is 0 Å². The number of hydrogen-bond donors (Lipinski definition) is 1. The van der Waals surface area contributed by atoms with Gasteiger partial charge in [0, 0.05) is 24.6 Å². The average molecular weight is 410 g/mol. The molecule has 1 fully saturated rings. The fourth-order valence-electron chi connectivity index (χ4n) is 3.92. The molecule has 0 bridgehead atoms. The molecule has 1 aliphatic carbocycles. The lowest BCUT2D eigenvalue weighted by Gasteiger charge is -2.31. The lowest BCUT2D eigenvalue weighted by molar-refractivity contribution is -0.115. The third-order valence-corrected chi connectivity index (χ3v) is 6.25. The molecule has 1 spiro atoms. The SMILES string of the molecule is Cc1oc(-c2cccs2)nc1CC(=O)Nc1ccc2c(c1)OC1(CCCCC1)O2. The molecule has 0 unspecified atom stereocenters. The molecule has 0 saturated heterocycles. The Bertz CT molecular complexity index is 1040. The summed E-state index contributed by atoms with van der Waals surface area (Å²) in [5.74, 6) is 2.00. The minimum atomic E-state index is -0.515. The van der Waals surface area contributed by atoms with Gasteiger partial charge in [-0.2, -0.15) is 0 Å². The zero-order valence-corrected chi connectivity index (χ0v) is 17.0. The third kappa shape index (κ3) is 3.62. The molecule has 3 aromatic rings. The number of carbonyl (C=O) groups is 1. The number of anilines is 1. The van der Waals surface area contributed by atoms with Crippen molar-refractivity contribution in [3.63, 3.8) is 0 Å². The fraction of sp³-hybridized carbons (Fsp3) is 0.364. The predicted octanol–water partition coefficient (Wildman–Crippen LogP) is 5.32. The summed E-state index contributed by atoms with van der Waals surface area (Å²) in [5.41, 5.74) is 1.33. The van der Waals surface area contributed by atoms with Crippen molar-refractivity contribution in [1.29, 1.82) is 0 Å². The van der Waals surface area contributed by atoms with Gasteiger partial charge in [-0.1, -0.05) is 12.5 Å². The van der Waals surface area contributed by atoms with E-state index in [1.54, 1.807) is 11.3 Å². The fourth-order valence-corrected chi connectivity index (χ4v) is 4.57. The van der Waals surface area contributed by atoms with E-state index in [-0.39, 0.29) is 12.3 Å². The molecule has 3 heterocycles. The summed E-state index contributed by atoms with van der Waals surface area (Å²) < 4.78 is 17.9. The molecule has 0 radical (unpaired) electrons. The first kappa shape index (κ1) is 18.2. The van der Waals surface area contributed by atoms with Gasteiger partial charge in [0.25, 0.3) is 5.79 Å². The Morgan fingerprint density at radius 2 is 2.00 bits per heavy atom. The highest BCUT2D eigenvalue weighted by Crippen LogP contribution is 2.46. The number of hydrogen-bond acceptors (Lipinski definition) is 6. The summed E-state index contributed by atoms with van der Waals surface area (Å²) >= 11 is 1.56. The summed E-state index contributed by atoms with van der Waals surface area (Å²) in [6, 6.07) is 9.44. The zero-order chi connectivity index (χ0) is 19.8. The Labute approximate surface area is 172 Å². The number of benzene rings is 1. The van der Waals surface area contributed by atoms with Crippen molar-refractivity contribution >= 4 is 22.9 Å². The first-order valence-corrected chi connectivity index (χ1v) is 10.8. The van der Waals surface area contributed by atoms with Crippen molar-refractivity contribution in [3.8, 4) is 22.3 Å². The number of rotatable bonds is 4. The van der Waals surface area contributed by atoms with E-state index in [2.05, 4.69) is 10.3 Å². The van der Waals surface area contributed by atoms with Crippen molar-refractivity contribution in [3.05, 3.63) is 47.2 Å². The van der Waals surface area contributed by atoms with Gasteiger partial charge in [-0.15, -0.1) is 11.3 Å². The van der Waals surface area contributed by atoms with E-state index in [4.69, 9.17) is 13.9 Å². The molecule has 1 amide bonds. The van der Waals surface area contributed by atoms with Gasteiger partial charge in [-0.25, -0.2) is 4.98 Å². The van der Waals surface area contributed by atoms with Gasteiger partial charge in [0.05, 0.1) is 17.0 Å². The Morgan fingerprint density at radius 1 is 1.17 bits per heavy atom. The van der Waals surface area contributed by atoms with Gasteiger partial charge in [0.2, 0.25) is 11.8 Å². The zero-order valence-electron chi connectivity index (χ0n) is 16.2. The van der Waals surface area contributed by atoms with Crippen LogP contribution >= 0.6 is 11.3 Å². The highest BCUT2D eigenvalue weighted by Gasteiger charge is 2.42. The average Bonchev–Trinajstić information content (AvgIpc) is 3.42. The van der Waals surface area contributed by atoms with Crippen LogP contribution in [-0.4, -0.2) is 16.7 Å². The van der Waals surface area contributed by atoms with Crippen LogP contribution in [0.5, 0.6) is 11.5 Å². The van der Waals surface area contributed by atoms with Gasteiger partial charge in [-0.05, 0) is 43.3 Å². The number of ether oxygens (including phenoxy) is 2. The van der Waals surface area contributed by atoms with Gasteiger partial charge >= 0.3 is 0 Å². The first-order valence-electron chi connectivity index (χ1n) is 9.92. The second-order valence-corrected chi connectivity index (χ2v) is 8.51. The van der Waals surface area contributed by atoms with E-state index < -0.39 is 5.79 Å². The minimum Gasteiger partial charge on any atom is -0.448 e. The summed E-state index contributed by atoms with van der Waals surface area (Å²) in [5, 5.41) is 4.90. The smallest absolute Gasteiger partial charge is 0.251 e. The molecule has 1 N–H and O–H groups in total. The highest BCUT2D eigenvalue weighted by molar-refractivity contribution is 7.13. The third-order valence-electron chi connectivity index (χ3n) is 5.39. The lowest BCUT2D eigenvalue weighted by atomic mass is 9.94. The largest absolute Gasteiger partial charge is 0.448 e. The van der Waals surface area contributed by atoms with Crippen molar-refractivity contribution in [2.24, 2.45) is 0 Å². The minimum absolute atomic E-state index is 0.148.